The second-order valence-electron chi connectivity index (χ2n) is 5.52. The van der Waals surface area contributed by atoms with Gasteiger partial charge >= 0.3 is 0 Å². The number of hydrogen-bond acceptors (Lipinski definition) is 2. The van der Waals surface area contributed by atoms with Gasteiger partial charge in [-0.3, -0.25) is 0 Å². The third kappa shape index (κ3) is 1.70. The summed E-state index contributed by atoms with van der Waals surface area (Å²) in [7, 11) is 0. The zero-order valence-corrected chi connectivity index (χ0v) is 8.78. The molecule has 0 aromatic rings. The first-order chi connectivity index (χ1) is 6.83. The fraction of sp³-hybridized carbons (Fsp3) is 1.00. The third-order valence-electron chi connectivity index (χ3n) is 4.49. The van der Waals surface area contributed by atoms with Crippen LogP contribution in [-0.2, 0) is 0 Å². The lowest BCUT2D eigenvalue weighted by Crippen LogP contribution is -2.41. The summed E-state index contributed by atoms with van der Waals surface area (Å²) in [5.41, 5.74) is 0. The minimum absolute atomic E-state index is 0.00898. The topological polar surface area (TPSA) is 32.3 Å². The van der Waals surface area contributed by atoms with Crippen LogP contribution in [0.15, 0.2) is 0 Å². The van der Waals surface area contributed by atoms with Crippen molar-refractivity contribution in [3.63, 3.8) is 0 Å². The smallest absolute Gasteiger partial charge is 0.0541 e. The molecule has 3 rings (SSSR count). The van der Waals surface area contributed by atoms with Crippen LogP contribution in [0.1, 0.15) is 44.9 Å². The van der Waals surface area contributed by atoms with Crippen molar-refractivity contribution in [2.45, 2.75) is 63.1 Å². The second kappa shape index (κ2) is 3.49. The molecule has 3 saturated carbocycles. The quantitative estimate of drug-likeness (QED) is 0.702. The summed E-state index contributed by atoms with van der Waals surface area (Å²) in [6.07, 6.45) is 8.77. The lowest BCUT2D eigenvalue weighted by Gasteiger charge is -2.29. The number of hydrogen-bond donors (Lipinski definition) is 2. The minimum atomic E-state index is -0.00898. The van der Waals surface area contributed by atoms with Gasteiger partial charge in [0.15, 0.2) is 0 Å². The van der Waals surface area contributed by atoms with Crippen molar-refractivity contribution in [2.24, 2.45) is 11.8 Å². The van der Waals surface area contributed by atoms with E-state index in [-0.39, 0.29) is 6.10 Å². The summed E-state index contributed by atoms with van der Waals surface area (Å²) in [5, 5.41) is 13.2. The number of aliphatic hydroxyl groups is 1. The van der Waals surface area contributed by atoms with Gasteiger partial charge < -0.3 is 10.4 Å². The van der Waals surface area contributed by atoms with Gasteiger partial charge in [0.25, 0.3) is 0 Å². The Kier molecular flexibility index (Phi) is 2.29. The van der Waals surface area contributed by atoms with Gasteiger partial charge in [-0.1, -0.05) is 0 Å². The largest absolute Gasteiger partial charge is 0.393 e. The Morgan fingerprint density at radius 3 is 2.29 bits per heavy atom. The number of nitrogens with one attached hydrogen (secondary N) is 1. The van der Waals surface area contributed by atoms with Crippen LogP contribution in [0.2, 0.25) is 0 Å². The van der Waals surface area contributed by atoms with Crippen LogP contribution < -0.4 is 5.32 Å². The second-order valence-corrected chi connectivity index (χ2v) is 5.52. The van der Waals surface area contributed by atoms with Gasteiger partial charge in [0.2, 0.25) is 0 Å². The van der Waals surface area contributed by atoms with Crippen LogP contribution in [0, 0.1) is 11.8 Å². The van der Waals surface area contributed by atoms with Crippen LogP contribution >= 0.6 is 0 Å². The molecule has 80 valence electrons. The van der Waals surface area contributed by atoms with Crippen LogP contribution in [0.5, 0.6) is 0 Å². The predicted octanol–water partition coefficient (Wildman–Crippen LogP) is 1.68. The Balaban J connectivity index is 1.48. The van der Waals surface area contributed by atoms with Crippen molar-refractivity contribution in [3.8, 4) is 0 Å². The monoisotopic (exact) mass is 195 g/mol. The molecule has 0 heterocycles. The third-order valence-corrected chi connectivity index (χ3v) is 4.49. The molecule has 3 fully saturated rings. The van der Waals surface area contributed by atoms with Crippen LogP contribution in [0.4, 0.5) is 0 Å². The van der Waals surface area contributed by atoms with Gasteiger partial charge in [0, 0.05) is 12.1 Å². The van der Waals surface area contributed by atoms with Gasteiger partial charge in [-0.25, -0.2) is 0 Å². The molecule has 2 heteroatoms. The number of aliphatic hydroxyl groups excluding tert-OH is 1. The van der Waals surface area contributed by atoms with Crippen molar-refractivity contribution >= 4 is 0 Å². The molecule has 0 aromatic carbocycles. The van der Waals surface area contributed by atoms with E-state index in [0.29, 0.717) is 6.04 Å². The fourth-order valence-corrected chi connectivity index (χ4v) is 3.46. The lowest BCUT2D eigenvalue weighted by atomic mass is 9.92. The van der Waals surface area contributed by atoms with Gasteiger partial charge in [-0.2, -0.15) is 0 Å². The molecular formula is C12H21NO. The van der Waals surface area contributed by atoms with E-state index in [2.05, 4.69) is 5.32 Å². The average molecular weight is 195 g/mol. The molecule has 0 aliphatic heterocycles. The fourth-order valence-electron chi connectivity index (χ4n) is 3.46. The maximum Gasteiger partial charge on any atom is 0.0541 e. The van der Waals surface area contributed by atoms with Crippen molar-refractivity contribution < 1.29 is 5.11 Å². The van der Waals surface area contributed by atoms with Crippen molar-refractivity contribution in [1.82, 2.24) is 5.32 Å². The maximum absolute atomic E-state index is 9.42. The van der Waals surface area contributed by atoms with E-state index >= 15 is 0 Å². The van der Waals surface area contributed by atoms with Crippen LogP contribution in [-0.4, -0.2) is 23.3 Å². The van der Waals surface area contributed by atoms with Crippen molar-refractivity contribution in [3.05, 3.63) is 0 Å². The van der Waals surface area contributed by atoms with Gasteiger partial charge in [0.1, 0.15) is 0 Å². The molecule has 0 spiro atoms. The zero-order valence-electron chi connectivity index (χ0n) is 8.78. The van der Waals surface area contributed by atoms with E-state index < -0.39 is 0 Å². The molecule has 0 saturated heterocycles. The van der Waals surface area contributed by atoms with Crippen molar-refractivity contribution in [2.75, 3.05) is 0 Å². The summed E-state index contributed by atoms with van der Waals surface area (Å²) in [6.45, 7) is 0. The minimum Gasteiger partial charge on any atom is -0.393 e. The first kappa shape index (κ1) is 9.17. The summed E-state index contributed by atoms with van der Waals surface area (Å²) in [5.74, 6) is 2.11. The van der Waals surface area contributed by atoms with E-state index in [0.717, 1.165) is 30.7 Å². The lowest BCUT2D eigenvalue weighted by molar-refractivity contribution is 0.113. The van der Waals surface area contributed by atoms with E-state index in [1.54, 1.807) is 0 Å². The highest BCUT2D eigenvalue weighted by molar-refractivity contribution is 5.02. The predicted molar refractivity (Wildman–Crippen MR) is 56.0 cm³/mol. The Bertz CT molecular complexity index is 210. The summed E-state index contributed by atoms with van der Waals surface area (Å²) < 4.78 is 0. The van der Waals surface area contributed by atoms with Gasteiger partial charge in [-0.15, -0.1) is 0 Å². The van der Waals surface area contributed by atoms with Crippen LogP contribution in [0.25, 0.3) is 0 Å². The Hall–Kier alpha value is -0.0800. The summed E-state index contributed by atoms with van der Waals surface area (Å²) in [4.78, 5) is 0. The highest BCUT2D eigenvalue weighted by Gasteiger charge is 2.48. The Morgan fingerprint density at radius 2 is 1.71 bits per heavy atom. The molecule has 0 radical (unpaired) electrons. The normalized spacial score (nSPS) is 51.6. The van der Waals surface area contributed by atoms with Crippen LogP contribution in [0.3, 0.4) is 0 Å². The summed E-state index contributed by atoms with van der Waals surface area (Å²) >= 11 is 0. The molecule has 3 aliphatic rings. The van der Waals surface area contributed by atoms with E-state index in [4.69, 9.17) is 0 Å². The first-order valence-corrected chi connectivity index (χ1v) is 6.27. The van der Waals surface area contributed by atoms with E-state index in [9.17, 15) is 5.11 Å². The molecule has 2 nitrogen and oxygen atoms in total. The molecule has 2 N–H and O–H groups in total. The Labute approximate surface area is 86.1 Å². The zero-order chi connectivity index (χ0) is 9.54. The van der Waals surface area contributed by atoms with E-state index in [1.165, 1.54) is 32.1 Å². The Morgan fingerprint density at radius 1 is 0.929 bits per heavy atom. The molecule has 0 amide bonds. The van der Waals surface area contributed by atoms with Gasteiger partial charge in [0.05, 0.1) is 6.10 Å². The summed E-state index contributed by atoms with van der Waals surface area (Å²) in [6, 6.07) is 1.54. The maximum atomic E-state index is 9.42. The molecule has 0 aromatic heterocycles. The van der Waals surface area contributed by atoms with Gasteiger partial charge in [-0.05, 0) is 56.8 Å². The molecular weight excluding hydrogens is 174 g/mol. The molecule has 3 atom stereocenters. The standard InChI is InChI=1S/C12H21NO/c14-10-4-2-9(3-5-10)13-12-6-1-8-7-11(8)12/h8-14H,1-7H2. The number of fused-ring (bicyclic) bond motifs is 1. The molecule has 3 unspecified atom stereocenters. The molecule has 3 aliphatic carbocycles. The molecule has 0 bridgehead atoms. The van der Waals surface area contributed by atoms with Crippen molar-refractivity contribution in [1.29, 1.82) is 0 Å². The highest BCUT2D eigenvalue weighted by Crippen LogP contribution is 2.52. The highest BCUT2D eigenvalue weighted by atomic mass is 16.3. The average Bonchev–Trinajstić information content (AvgIpc) is 2.88. The first-order valence-electron chi connectivity index (χ1n) is 6.27. The number of rotatable bonds is 2. The van der Waals surface area contributed by atoms with E-state index in [1.807, 2.05) is 0 Å². The SMILES string of the molecule is OC1CCC(NC2CCC3CC32)CC1. The molecule has 14 heavy (non-hydrogen) atoms.